The van der Waals surface area contributed by atoms with E-state index in [-0.39, 0.29) is 5.25 Å². The zero-order valence-corrected chi connectivity index (χ0v) is 17.1. The average Bonchev–Trinajstić information content (AvgIpc) is 3.16. The first-order chi connectivity index (χ1) is 11.9. The Balaban J connectivity index is 0.000000260. The first kappa shape index (κ1) is 22.3. The minimum absolute atomic E-state index is 0.238. The Morgan fingerprint density at radius 1 is 1.15 bits per heavy atom. The monoisotopic (exact) mass is 438 g/mol. The van der Waals surface area contributed by atoms with E-state index in [0.717, 1.165) is 36.9 Å². The van der Waals surface area contributed by atoms with Gasteiger partial charge in [0.2, 0.25) is 0 Å². The predicted octanol–water partition coefficient (Wildman–Crippen LogP) is 5.06. The molecule has 2 bridgehead atoms. The summed E-state index contributed by atoms with van der Waals surface area (Å²) >= 11 is 0. The summed E-state index contributed by atoms with van der Waals surface area (Å²) in [5.74, 6) is 3.35. The van der Waals surface area contributed by atoms with E-state index in [2.05, 4.69) is 6.92 Å². The number of carbonyl (C=O) groups excluding carboxylic acids is 1. The van der Waals surface area contributed by atoms with Crippen LogP contribution in [0.1, 0.15) is 58.3 Å². The maximum atomic E-state index is 12.3. The van der Waals surface area contributed by atoms with Gasteiger partial charge in [-0.05, 0) is 49.7 Å². The van der Waals surface area contributed by atoms with Gasteiger partial charge in [-0.3, -0.25) is 9.35 Å². The van der Waals surface area contributed by atoms with Crippen LogP contribution in [-0.2, 0) is 14.9 Å². The molecule has 3 saturated carbocycles. The minimum atomic E-state index is -5.84. The third-order valence-corrected chi connectivity index (χ3v) is 12.4. The van der Waals surface area contributed by atoms with Gasteiger partial charge in [-0.1, -0.05) is 30.4 Å². The molecule has 3 aliphatic carbocycles. The highest BCUT2D eigenvalue weighted by Gasteiger charge is 2.51. The Morgan fingerprint density at radius 3 is 2.15 bits per heavy atom. The molecule has 5 atom stereocenters. The van der Waals surface area contributed by atoms with Gasteiger partial charge in [0, 0.05) is 11.7 Å². The fourth-order valence-corrected chi connectivity index (χ4v) is 9.72. The standard InChI is InChI=1S/C15H25ClOS.CHF3O3S/c1-2-18(16,14-6-4-3-5-13(14)17)15-10-11-7-8-12(15)9-11;2-1(3,4)8(5,6)7/h11-12,14-15H,2-10H2,1H3;(H,5,6,7). The summed E-state index contributed by atoms with van der Waals surface area (Å²) in [5.41, 5.74) is -5.53. The lowest BCUT2D eigenvalue weighted by Crippen LogP contribution is -2.37. The molecule has 0 heterocycles. The van der Waals surface area contributed by atoms with Gasteiger partial charge < -0.3 is 0 Å². The molecular weight excluding hydrogens is 413 g/mol. The van der Waals surface area contributed by atoms with Crippen LogP contribution in [0.15, 0.2) is 0 Å². The molecule has 0 aliphatic heterocycles. The molecule has 5 unspecified atom stereocenters. The van der Waals surface area contributed by atoms with Crippen molar-refractivity contribution < 1.29 is 30.9 Å². The summed E-state index contributed by atoms with van der Waals surface area (Å²) in [7, 11) is 0.105. The largest absolute Gasteiger partial charge is 0.522 e. The molecule has 1 N–H and O–H groups in total. The van der Waals surface area contributed by atoms with E-state index >= 15 is 0 Å². The molecule has 3 fully saturated rings. The zero-order chi connectivity index (χ0) is 19.8. The second kappa shape index (κ2) is 8.17. The second-order valence-corrected chi connectivity index (χ2v) is 13.8. The molecular formula is C16H26ClF3O4S2. The normalized spacial score (nSPS) is 35.4. The molecule has 3 aliphatic rings. The number of hydrogen-bond acceptors (Lipinski definition) is 3. The predicted molar refractivity (Wildman–Crippen MR) is 98.1 cm³/mol. The Bertz CT molecular complexity index is 625. The van der Waals surface area contributed by atoms with Crippen LogP contribution in [-0.4, -0.2) is 40.5 Å². The van der Waals surface area contributed by atoms with Crippen LogP contribution in [0.5, 0.6) is 0 Å². The van der Waals surface area contributed by atoms with E-state index in [9.17, 15) is 18.0 Å². The van der Waals surface area contributed by atoms with Crippen molar-refractivity contribution in [3.63, 3.8) is 0 Å². The van der Waals surface area contributed by atoms with E-state index in [1.807, 2.05) is 0 Å². The van der Waals surface area contributed by atoms with Crippen molar-refractivity contribution in [3.8, 4) is 0 Å². The number of halogens is 4. The molecule has 0 radical (unpaired) electrons. The number of ketones is 1. The fraction of sp³-hybridized carbons (Fsp3) is 0.938. The zero-order valence-electron chi connectivity index (χ0n) is 14.7. The van der Waals surface area contributed by atoms with Crippen molar-refractivity contribution in [2.45, 2.75) is 74.3 Å². The number of hydrogen-bond donors (Lipinski definition) is 1. The summed E-state index contributed by atoms with van der Waals surface area (Å²) in [6.07, 6.45) is 9.76. The second-order valence-electron chi connectivity index (χ2n) is 7.38. The molecule has 4 nitrogen and oxygen atoms in total. The van der Waals surface area contributed by atoms with Crippen LogP contribution in [0, 0.1) is 11.8 Å². The van der Waals surface area contributed by atoms with E-state index in [4.69, 9.17) is 23.7 Å². The van der Waals surface area contributed by atoms with Crippen LogP contribution >= 0.6 is 19.9 Å². The first-order valence-electron chi connectivity index (χ1n) is 8.95. The number of carbonyl (C=O) groups is 1. The molecule has 0 saturated heterocycles. The molecule has 0 spiro atoms. The average molecular weight is 439 g/mol. The molecule has 0 amide bonds. The van der Waals surface area contributed by atoms with Crippen LogP contribution in [0.3, 0.4) is 0 Å². The summed E-state index contributed by atoms with van der Waals surface area (Å²) in [4.78, 5) is 12.3. The van der Waals surface area contributed by atoms with Gasteiger partial charge >= 0.3 is 15.6 Å². The van der Waals surface area contributed by atoms with Gasteiger partial charge in [-0.2, -0.15) is 30.8 Å². The Kier molecular flexibility index (Phi) is 7.01. The summed E-state index contributed by atoms with van der Waals surface area (Å²) in [5, 5.41) is 0.942. The number of rotatable bonds is 3. The van der Waals surface area contributed by atoms with Crippen LogP contribution in [0.4, 0.5) is 13.2 Å². The van der Waals surface area contributed by atoms with Gasteiger partial charge in [-0.15, -0.1) is 0 Å². The van der Waals surface area contributed by atoms with Crippen molar-refractivity contribution in [2.24, 2.45) is 11.8 Å². The Morgan fingerprint density at radius 2 is 1.77 bits per heavy atom. The Labute approximate surface area is 158 Å². The van der Waals surface area contributed by atoms with Crippen LogP contribution in [0.25, 0.3) is 0 Å². The molecule has 0 aromatic rings. The molecule has 154 valence electrons. The van der Waals surface area contributed by atoms with Crippen molar-refractivity contribution in [2.75, 3.05) is 5.75 Å². The number of Topliss-reactive ketones (excluding diaryl/α,β-unsaturated/α-hetero) is 1. The van der Waals surface area contributed by atoms with Crippen molar-refractivity contribution in [1.29, 1.82) is 0 Å². The van der Waals surface area contributed by atoms with Gasteiger partial charge in [0.1, 0.15) is 5.78 Å². The molecule has 26 heavy (non-hydrogen) atoms. The topological polar surface area (TPSA) is 71.4 Å². The van der Waals surface area contributed by atoms with E-state index < -0.39 is 24.9 Å². The van der Waals surface area contributed by atoms with Crippen molar-refractivity contribution in [3.05, 3.63) is 0 Å². The highest BCUT2D eigenvalue weighted by molar-refractivity contribution is 8.52. The summed E-state index contributed by atoms with van der Waals surface area (Å²) in [6.45, 7) is 2.23. The van der Waals surface area contributed by atoms with Gasteiger partial charge in [-0.25, -0.2) is 0 Å². The maximum Gasteiger partial charge on any atom is 0.522 e. The number of fused-ring (bicyclic) bond motifs is 2. The highest BCUT2D eigenvalue weighted by atomic mass is 35.7. The third-order valence-electron chi connectivity index (χ3n) is 5.88. The lowest BCUT2D eigenvalue weighted by molar-refractivity contribution is -0.119. The first-order valence-corrected chi connectivity index (χ1v) is 13.1. The Hall–Kier alpha value is 0.01000. The van der Waals surface area contributed by atoms with Gasteiger partial charge in [0.15, 0.2) is 0 Å². The third kappa shape index (κ3) is 4.70. The van der Waals surface area contributed by atoms with Crippen molar-refractivity contribution >= 4 is 35.8 Å². The molecule has 0 aromatic carbocycles. The molecule has 0 aromatic heterocycles. The van der Waals surface area contributed by atoms with Crippen LogP contribution < -0.4 is 0 Å². The molecule has 10 heteroatoms. The van der Waals surface area contributed by atoms with E-state index in [1.165, 1.54) is 32.1 Å². The summed E-state index contributed by atoms with van der Waals surface area (Å²) < 4.78 is 57.5. The maximum absolute atomic E-state index is 12.3. The van der Waals surface area contributed by atoms with E-state index in [0.29, 0.717) is 11.0 Å². The van der Waals surface area contributed by atoms with Gasteiger partial charge in [0.05, 0.1) is 5.25 Å². The smallest absolute Gasteiger partial charge is 0.298 e. The quantitative estimate of drug-likeness (QED) is 0.493. The number of alkyl halides is 3. The molecule has 3 rings (SSSR count). The summed E-state index contributed by atoms with van der Waals surface area (Å²) in [6, 6.07) is 0. The highest BCUT2D eigenvalue weighted by Crippen LogP contribution is 2.70. The van der Waals surface area contributed by atoms with E-state index in [1.54, 1.807) is 0 Å². The minimum Gasteiger partial charge on any atom is -0.298 e. The SMILES string of the molecule is CCS(Cl)(C1CCCCC1=O)C1CC2CCC1C2.O=S(=O)(O)C(F)(F)F. The van der Waals surface area contributed by atoms with Crippen molar-refractivity contribution in [1.82, 2.24) is 0 Å². The van der Waals surface area contributed by atoms with Gasteiger partial charge in [0.25, 0.3) is 0 Å². The van der Waals surface area contributed by atoms with Crippen LogP contribution in [0.2, 0.25) is 0 Å². The fourth-order valence-electron chi connectivity index (χ4n) is 4.66. The lowest BCUT2D eigenvalue weighted by atomic mass is 9.99. The lowest BCUT2D eigenvalue weighted by Gasteiger charge is -2.48.